The second-order valence-corrected chi connectivity index (χ2v) is 12.1. The maximum absolute atomic E-state index is 13.2. The van der Waals surface area contributed by atoms with E-state index in [2.05, 4.69) is 56.7 Å². The fourth-order valence-electron chi connectivity index (χ4n) is 4.11. The number of carbonyl (C=O) groups excluding carboxylic acids is 1. The number of non-ortho nitro benzene ring substituents is 1. The molecule has 2 aromatic carbocycles. The third-order valence-corrected chi connectivity index (χ3v) is 6.90. The van der Waals surface area contributed by atoms with Gasteiger partial charge >= 0.3 is 5.97 Å². The number of rotatable bonds is 10. The quantitative estimate of drug-likeness (QED) is 0.133. The van der Waals surface area contributed by atoms with Crippen molar-refractivity contribution in [1.82, 2.24) is 0 Å². The van der Waals surface area contributed by atoms with Crippen LogP contribution >= 0.6 is 11.6 Å². The molecule has 37 heavy (non-hydrogen) atoms. The second-order valence-electron chi connectivity index (χ2n) is 11.6. The van der Waals surface area contributed by atoms with E-state index in [1.54, 1.807) is 0 Å². The van der Waals surface area contributed by atoms with Gasteiger partial charge in [0.25, 0.3) is 5.69 Å². The molecule has 8 nitrogen and oxygen atoms in total. The van der Waals surface area contributed by atoms with Crippen molar-refractivity contribution in [3.05, 3.63) is 57.6 Å². The van der Waals surface area contributed by atoms with Crippen molar-refractivity contribution in [2.75, 3.05) is 24.6 Å². The normalized spacial score (nSPS) is 13.9. The number of anilines is 1. The lowest BCUT2D eigenvalue weighted by Gasteiger charge is -2.43. The molecule has 0 heterocycles. The van der Waals surface area contributed by atoms with E-state index in [-0.39, 0.29) is 27.5 Å². The first kappa shape index (κ1) is 30.2. The molecular formula is C28H39ClN4O4. The number of nitro benzene ring substituents is 1. The minimum absolute atomic E-state index is 0.000599. The number of ether oxygens (including phenoxy) is 1. The van der Waals surface area contributed by atoms with E-state index >= 15 is 0 Å². The van der Waals surface area contributed by atoms with E-state index in [1.165, 1.54) is 18.2 Å². The van der Waals surface area contributed by atoms with Crippen molar-refractivity contribution in [2.24, 2.45) is 26.5 Å². The number of esters is 1. The highest BCUT2D eigenvalue weighted by molar-refractivity contribution is 6.33. The van der Waals surface area contributed by atoms with E-state index < -0.39 is 10.3 Å². The average molecular weight is 531 g/mol. The number of carbonyl (C=O) groups is 1. The molecule has 0 aliphatic rings. The zero-order chi connectivity index (χ0) is 28.0. The van der Waals surface area contributed by atoms with Crippen LogP contribution in [0.25, 0.3) is 0 Å². The summed E-state index contributed by atoms with van der Waals surface area (Å²) in [5, 5.41) is 19.3. The van der Waals surface area contributed by atoms with Gasteiger partial charge < -0.3 is 9.64 Å². The summed E-state index contributed by atoms with van der Waals surface area (Å²) in [4.78, 5) is 25.7. The summed E-state index contributed by atoms with van der Waals surface area (Å²) in [6.07, 6.45) is 0.737. The summed E-state index contributed by atoms with van der Waals surface area (Å²) in [5.74, 6) is -0.161. The summed E-state index contributed by atoms with van der Waals surface area (Å²) >= 11 is 6.08. The van der Waals surface area contributed by atoms with E-state index in [1.807, 2.05) is 38.1 Å². The molecule has 202 valence electrons. The molecule has 0 aliphatic heterocycles. The highest BCUT2D eigenvalue weighted by Gasteiger charge is 2.47. The number of halogens is 1. The number of hydrogen-bond donors (Lipinski definition) is 0. The van der Waals surface area contributed by atoms with Crippen molar-refractivity contribution in [3.8, 4) is 0 Å². The van der Waals surface area contributed by atoms with Gasteiger partial charge in [0, 0.05) is 24.4 Å². The Kier molecular flexibility index (Phi) is 9.83. The van der Waals surface area contributed by atoms with Crippen molar-refractivity contribution in [2.45, 2.75) is 61.8 Å². The lowest BCUT2D eigenvalue weighted by molar-refractivity contribution is -0.384. The van der Waals surface area contributed by atoms with Gasteiger partial charge in [0.2, 0.25) is 0 Å². The summed E-state index contributed by atoms with van der Waals surface area (Å²) in [7, 11) is 0. The average Bonchev–Trinajstić information content (AvgIpc) is 2.79. The number of nitro groups is 1. The Hall–Kier alpha value is -3.00. The van der Waals surface area contributed by atoms with Gasteiger partial charge in [-0.05, 0) is 61.4 Å². The number of azo groups is 1. The fraction of sp³-hybridized carbons (Fsp3) is 0.536. The molecule has 1 unspecified atom stereocenters. The number of hydrogen-bond acceptors (Lipinski definition) is 7. The molecule has 2 rings (SSSR count). The molecule has 1 atom stereocenters. The summed E-state index contributed by atoms with van der Waals surface area (Å²) in [6, 6.07) is 11.6. The van der Waals surface area contributed by atoms with Crippen LogP contribution in [0.2, 0.25) is 5.02 Å². The topological polar surface area (TPSA) is 97.4 Å². The molecule has 0 aliphatic carbocycles. The van der Waals surface area contributed by atoms with Gasteiger partial charge in [-0.25, -0.2) is 0 Å². The van der Waals surface area contributed by atoms with Crippen LogP contribution in [0, 0.1) is 26.4 Å². The minimum atomic E-state index is -0.596. The van der Waals surface area contributed by atoms with E-state index in [4.69, 9.17) is 16.3 Å². The minimum Gasteiger partial charge on any atom is -0.463 e. The van der Waals surface area contributed by atoms with Crippen molar-refractivity contribution < 1.29 is 14.5 Å². The Morgan fingerprint density at radius 2 is 1.65 bits per heavy atom. The van der Waals surface area contributed by atoms with Crippen LogP contribution in [-0.4, -0.2) is 30.6 Å². The third kappa shape index (κ3) is 8.25. The number of benzene rings is 2. The molecule has 0 saturated carbocycles. The van der Waals surface area contributed by atoms with Crippen LogP contribution in [0.4, 0.5) is 22.7 Å². The molecule has 0 amide bonds. The van der Waals surface area contributed by atoms with Crippen LogP contribution in [0.1, 0.15) is 61.8 Å². The van der Waals surface area contributed by atoms with Gasteiger partial charge in [0.15, 0.2) is 0 Å². The largest absolute Gasteiger partial charge is 0.463 e. The molecule has 9 heteroatoms. The molecule has 0 spiro atoms. The maximum atomic E-state index is 13.2. The van der Waals surface area contributed by atoms with E-state index in [0.717, 1.165) is 18.7 Å². The van der Waals surface area contributed by atoms with Crippen LogP contribution in [-0.2, 0) is 9.53 Å². The molecule has 0 N–H and O–H groups in total. The molecule has 0 saturated heterocycles. The summed E-state index contributed by atoms with van der Waals surface area (Å²) in [5.41, 5.74) is 1.01. The van der Waals surface area contributed by atoms with Gasteiger partial charge in [-0.3, -0.25) is 14.9 Å². The number of nitrogens with zero attached hydrogens (tertiary/aromatic N) is 4. The second kappa shape index (κ2) is 12.0. The third-order valence-electron chi connectivity index (χ3n) is 6.60. The Bertz CT molecular complexity index is 1120. The SMILES string of the molecule is CCN(CCOC(=O)C(C)(CC(C)(C)C)C(C)(C)C)c1ccc(/N=N/c2ccc([N+](=O)[O-])cc2Cl)cc1. The highest BCUT2D eigenvalue weighted by atomic mass is 35.5. The van der Waals surface area contributed by atoms with Gasteiger partial charge in [-0.2, -0.15) is 5.11 Å². The zero-order valence-electron chi connectivity index (χ0n) is 23.2. The molecule has 0 fully saturated rings. The van der Waals surface area contributed by atoms with Crippen molar-refractivity contribution in [1.29, 1.82) is 0 Å². The van der Waals surface area contributed by atoms with E-state index in [0.29, 0.717) is 24.5 Å². The Labute approximate surface area is 225 Å². The first-order valence-electron chi connectivity index (χ1n) is 12.5. The van der Waals surface area contributed by atoms with Crippen LogP contribution in [0.5, 0.6) is 0 Å². The lowest BCUT2D eigenvalue weighted by Crippen LogP contribution is -2.45. The van der Waals surface area contributed by atoms with Gasteiger partial charge in [0.05, 0.1) is 27.6 Å². The predicted molar refractivity (Wildman–Crippen MR) is 149 cm³/mol. The summed E-state index contributed by atoms with van der Waals surface area (Å²) in [6.45, 7) is 18.4. The van der Waals surface area contributed by atoms with Crippen molar-refractivity contribution >= 4 is 40.3 Å². The summed E-state index contributed by atoms with van der Waals surface area (Å²) < 4.78 is 5.81. The first-order valence-corrected chi connectivity index (χ1v) is 12.8. The predicted octanol–water partition coefficient (Wildman–Crippen LogP) is 8.52. The molecule has 0 bridgehead atoms. The van der Waals surface area contributed by atoms with E-state index in [9.17, 15) is 14.9 Å². The smallest absolute Gasteiger partial charge is 0.312 e. The lowest BCUT2D eigenvalue weighted by atomic mass is 9.61. The molecule has 2 aromatic rings. The van der Waals surface area contributed by atoms with Crippen molar-refractivity contribution in [3.63, 3.8) is 0 Å². The fourth-order valence-corrected chi connectivity index (χ4v) is 4.33. The standard InChI is InChI=1S/C28H39ClN4O4/c1-9-32(16-17-37-25(34)28(8,27(5,6)7)19-26(2,3)4)21-12-10-20(11-13-21)30-31-24-15-14-22(33(35)36)18-23(24)29/h10-15,18H,9,16-17,19H2,1-8H3/b31-30+. The molecular weight excluding hydrogens is 492 g/mol. The Morgan fingerprint density at radius 1 is 1.03 bits per heavy atom. The van der Waals surface area contributed by atoms with Gasteiger partial charge in [0.1, 0.15) is 12.3 Å². The zero-order valence-corrected chi connectivity index (χ0v) is 23.9. The Morgan fingerprint density at radius 3 is 2.14 bits per heavy atom. The van der Waals surface area contributed by atoms with Crippen LogP contribution in [0.3, 0.4) is 0 Å². The first-order chi connectivity index (χ1) is 17.1. The highest BCUT2D eigenvalue weighted by Crippen LogP contribution is 2.47. The molecule has 0 radical (unpaired) electrons. The monoisotopic (exact) mass is 530 g/mol. The van der Waals surface area contributed by atoms with Crippen LogP contribution < -0.4 is 4.90 Å². The Balaban J connectivity index is 2.03. The number of likely N-dealkylation sites (N-methyl/N-ethyl adjacent to an activating group) is 1. The molecule has 0 aromatic heterocycles. The van der Waals surface area contributed by atoms with Gasteiger partial charge in [-0.15, -0.1) is 5.11 Å². The maximum Gasteiger partial charge on any atom is 0.312 e. The van der Waals surface area contributed by atoms with Gasteiger partial charge in [-0.1, -0.05) is 53.1 Å². The van der Waals surface area contributed by atoms with Crippen LogP contribution in [0.15, 0.2) is 52.7 Å².